The van der Waals surface area contributed by atoms with E-state index in [1.165, 1.54) is 0 Å². The van der Waals surface area contributed by atoms with Gasteiger partial charge in [0.15, 0.2) is 0 Å². The number of nitrogens with two attached hydrogens (primary N) is 1. The summed E-state index contributed by atoms with van der Waals surface area (Å²) in [5.41, 5.74) is 6.88. The number of ether oxygens (including phenoxy) is 1. The van der Waals surface area contributed by atoms with Crippen molar-refractivity contribution in [2.75, 3.05) is 26.8 Å². The first kappa shape index (κ1) is 17.1. The lowest BCUT2D eigenvalue weighted by Gasteiger charge is -2.12. The van der Waals surface area contributed by atoms with Crippen molar-refractivity contribution < 1.29 is 14.3 Å². The Bertz CT molecular complexity index is 437. The fourth-order valence-corrected chi connectivity index (χ4v) is 1.79. The fraction of sp³-hybridized carbons (Fsp3) is 0.467. The molecular weight excluding hydrogens is 270 g/mol. The number of carbonyl (C=O) groups excluding carboxylic acids is 2. The molecule has 0 aromatic heterocycles. The van der Waals surface area contributed by atoms with E-state index in [2.05, 4.69) is 10.6 Å². The largest absolute Gasteiger partial charge is 0.383 e. The summed E-state index contributed by atoms with van der Waals surface area (Å²) in [6.45, 7) is 1.26. The molecule has 1 unspecified atom stereocenters. The average Bonchev–Trinajstić information content (AvgIpc) is 2.48. The van der Waals surface area contributed by atoms with Crippen molar-refractivity contribution in [3.63, 3.8) is 0 Å². The van der Waals surface area contributed by atoms with Crippen molar-refractivity contribution in [1.82, 2.24) is 10.6 Å². The average molecular weight is 293 g/mol. The van der Waals surface area contributed by atoms with Crippen LogP contribution in [0.15, 0.2) is 30.3 Å². The maximum absolute atomic E-state index is 11.7. The first-order valence-electron chi connectivity index (χ1n) is 6.96. The Kier molecular flexibility index (Phi) is 8.08. The molecule has 0 aliphatic carbocycles. The zero-order valence-corrected chi connectivity index (χ0v) is 12.3. The van der Waals surface area contributed by atoms with Gasteiger partial charge in [-0.05, 0) is 5.56 Å². The van der Waals surface area contributed by atoms with E-state index in [9.17, 15) is 9.59 Å². The van der Waals surface area contributed by atoms with Crippen molar-refractivity contribution in [2.45, 2.75) is 18.9 Å². The quantitative estimate of drug-likeness (QED) is 0.573. The molecule has 1 aromatic carbocycles. The molecule has 0 bridgehead atoms. The van der Waals surface area contributed by atoms with Crippen LogP contribution in [-0.4, -0.2) is 38.6 Å². The minimum absolute atomic E-state index is 0.111. The van der Waals surface area contributed by atoms with Gasteiger partial charge in [-0.3, -0.25) is 9.59 Å². The second-order valence-corrected chi connectivity index (χ2v) is 4.66. The van der Waals surface area contributed by atoms with Gasteiger partial charge in [-0.1, -0.05) is 30.3 Å². The van der Waals surface area contributed by atoms with Gasteiger partial charge in [-0.2, -0.15) is 0 Å². The molecule has 0 aliphatic heterocycles. The van der Waals surface area contributed by atoms with E-state index in [0.29, 0.717) is 19.7 Å². The summed E-state index contributed by atoms with van der Waals surface area (Å²) >= 11 is 0. The Labute approximate surface area is 125 Å². The van der Waals surface area contributed by atoms with Crippen molar-refractivity contribution in [3.05, 3.63) is 35.9 Å². The lowest BCUT2D eigenvalue weighted by atomic mass is 10.0. The number of rotatable bonds is 9. The third kappa shape index (κ3) is 7.43. The minimum atomic E-state index is -0.332. The lowest BCUT2D eigenvalue weighted by molar-refractivity contribution is -0.122. The lowest BCUT2D eigenvalue weighted by Crippen LogP contribution is -2.33. The van der Waals surface area contributed by atoms with E-state index in [-0.39, 0.29) is 30.7 Å². The normalized spacial score (nSPS) is 11.7. The van der Waals surface area contributed by atoms with E-state index >= 15 is 0 Å². The van der Waals surface area contributed by atoms with E-state index in [4.69, 9.17) is 10.5 Å². The Morgan fingerprint density at radius 3 is 2.48 bits per heavy atom. The summed E-state index contributed by atoms with van der Waals surface area (Å²) in [6, 6.07) is 9.12. The Morgan fingerprint density at radius 1 is 1.14 bits per heavy atom. The second kappa shape index (κ2) is 9.90. The molecule has 0 saturated carbocycles. The van der Waals surface area contributed by atoms with E-state index in [0.717, 1.165) is 5.56 Å². The van der Waals surface area contributed by atoms with Gasteiger partial charge in [0.1, 0.15) is 0 Å². The Hall–Kier alpha value is -1.92. The van der Waals surface area contributed by atoms with Crippen molar-refractivity contribution in [2.24, 2.45) is 5.73 Å². The van der Waals surface area contributed by atoms with Crippen molar-refractivity contribution in [1.29, 1.82) is 0 Å². The van der Waals surface area contributed by atoms with Gasteiger partial charge in [-0.25, -0.2) is 0 Å². The summed E-state index contributed by atoms with van der Waals surface area (Å²) in [5, 5.41) is 5.38. The molecule has 0 spiro atoms. The number of benzene rings is 1. The van der Waals surface area contributed by atoms with Crippen molar-refractivity contribution in [3.8, 4) is 0 Å². The summed E-state index contributed by atoms with van der Waals surface area (Å²) in [5.74, 6) is -0.268. The molecule has 21 heavy (non-hydrogen) atoms. The predicted molar refractivity (Wildman–Crippen MR) is 80.5 cm³/mol. The zero-order chi connectivity index (χ0) is 15.5. The van der Waals surface area contributed by atoms with Crippen LogP contribution in [0.3, 0.4) is 0 Å². The highest BCUT2D eigenvalue weighted by Crippen LogP contribution is 2.12. The minimum Gasteiger partial charge on any atom is -0.383 e. The van der Waals surface area contributed by atoms with Gasteiger partial charge in [0.2, 0.25) is 11.8 Å². The number of hydrogen-bond acceptors (Lipinski definition) is 4. The molecule has 1 atom stereocenters. The predicted octanol–water partition coefficient (Wildman–Crippen LogP) is 0.345. The Balaban J connectivity index is 2.18. The van der Waals surface area contributed by atoms with Crippen molar-refractivity contribution >= 4 is 11.8 Å². The fourth-order valence-electron chi connectivity index (χ4n) is 1.79. The smallest absolute Gasteiger partial charge is 0.221 e. The number of methoxy groups -OCH3 is 1. The first-order valence-corrected chi connectivity index (χ1v) is 6.96. The van der Waals surface area contributed by atoms with Crippen LogP contribution in [0.4, 0.5) is 0 Å². The van der Waals surface area contributed by atoms with Crippen LogP contribution in [0.1, 0.15) is 24.4 Å². The topological polar surface area (TPSA) is 93.5 Å². The molecule has 0 saturated heterocycles. The number of amides is 2. The summed E-state index contributed by atoms with van der Waals surface area (Å²) < 4.78 is 4.82. The molecular formula is C15H23N3O3. The standard InChI is InChI=1S/C15H23N3O3/c1-21-10-9-18-14(19)7-8-17-15(20)11-13(16)12-5-3-2-4-6-12/h2-6,13H,7-11,16H2,1H3,(H,17,20)(H,18,19). The second-order valence-electron chi connectivity index (χ2n) is 4.66. The molecule has 0 heterocycles. The number of nitrogens with one attached hydrogen (secondary N) is 2. The van der Waals surface area contributed by atoms with Crippen LogP contribution in [0, 0.1) is 0 Å². The highest BCUT2D eigenvalue weighted by molar-refractivity contribution is 5.79. The van der Waals surface area contributed by atoms with Gasteiger partial charge in [0.25, 0.3) is 0 Å². The van der Waals surface area contributed by atoms with Gasteiger partial charge in [0.05, 0.1) is 6.61 Å². The molecule has 116 valence electrons. The van der Waals surface area contributed by atoms with Crippen LogP contribution in [0.2, 0.25) is 0 Å². The highest BCUT2D eigenvalue weighted by Gasteiger charge is 2.11. The van der Waals surface area contributed by atoms with Gasteiger partial charge in [0, 0.05) is 39.1 Å². The van der Waals surface area contributed by atoms with Crippen LogP contribution in [0.25, 0.3) is 0 Å². The summed E-state index contributed by atoms with van der Waals surface area (Å²) in [7, 11) is 1.57. The molecule has 1 aromatic rings. The SMILES string of the molecule is COCCNC(=O)CCNC(=O)CC(N)c1ccccc1. The van der Waals surface area contributed by atoms with Gasteiger partial charge in [-0.15, -0.1) is 0 Å². The maximum atomic E-state index is 11.7. The maximum Gasteiger partial charge on any atom is 0.221 e. The molecule has 6 nitrogen and oxygen atoms in total. The molecule has 0 aliphatic rings. The number of hydrogen-bond donors (Lipinski definition) is 3. The summed E-state index contributed by atoms with van der Waals surface area (Å²) in [4.78, 5) is 23.1. The van der Waals surface area contributed by atoms with E-state index in [1.807, 2.05) is 30.3 Å². The third-order valence-electron chi connectivity index (χ3n) is 2.94. The summed E-state index contributed by atoms with van der Waals surface area (Å²) in [6.07, 6.45) is 0.450. The first-order chi connectivity index (χ1) is 10.1. The van der Waals surface area contributed by atoms with Gasteiger partial charge < -0.3 is 21.1 Å². The van der Waals surface area contributed by atoms with E-state index in [1.54, 1.807) is 7.11 Å². The van der Waals surface area contributed by atoms with E-state index < -0.39 is 0 Å². The molecule has 6 heteroatoms. The molecule has 2 amide bonds. The molecule has 0 fully saturated rings. The van der Waals surface area contributed by atoms with Crippen LogP contribution < -0.4 is 16.4 Å². The molecule has 1 rings (SSSR count). The van der Waals surface area contributed by atoms with Crippen LogP contribution in [-0.2, 0) is 14.3 Å². The Morgan fingerprint density at radius 2 is 1.81 bits per heavy atom. The van der Waals surface area contributed by atoms with Gasteiger partial charge >= 0.3 is 0 Å². The third-order valence-corrected chi connectivity index (χ3v) is 2.94. The number of carbonyl (C=O) groups is 2. The van der Waals surface area contributed by atoms with Crippen LogP contribution >= 0.6 is 0 Å². The molecule has 0 radical (unpaired) electrons. The highest BCUT2D eigenvalue weighted by atomic mass is 16.5. The zero-order valence-electron chi connectivity index (χ0n) is 12.3. The van der Waals surface area contributed by atoms with Crippen LogP contribution in [0.5, 0.6) is 0 Å². The molecule has 4 N–H and O–H groups in total. The monoisotopic (exact) mass is 293 g/mol.